The first kappa shape index (κ1) is 15.4. The van der Waals surface area contributed by atoms with Gasteiger partial charge in [-0.25, -0.2) is 0 Å². The van der Waals surface area contributed by atoms with Gasteiger partial charge in [0.1, 0.15) is 0 Å². The first-order chi connectivity index (χ1) is 7.17. The van der Waals surface area contributed by atoms with Gasteiger partial charge >= 0.3 is 0 Å². The van der Waals surface area contributed by atoms with Gasteiger partial charge in [0.2, 0.25) is 5.91 Å². The molecule has 96 valence electrons. The number of amides is 1. The molecule has 16 heavy (non-hydrogen) atoms. The smallest absolute Gasteiger partial charge is 0.226 e. The molecule has 2 N–H and O–H groups in total. The van der Waals surface area contributed by atoms with E-state index >= 15 is 0 Å². The highest BCUT2D eigenvalue weighted by atomic mass is 16.2. The number of hydrogen-bond acceptors (Lipinski definition) is 2. The molecule has 1 amide bonds. The van der Waals surface area contributed by atoms with Gasteiger partial charge in [0.15, 0.2) is 0 Å². The molecule has 3 heteroatoms. The fourth-order valence-corrected chi connectivity index (χ4v) is 1.97. The van der Waals surface area contributed by atoms with Crippen LogP contribution in [0.1, 0.15) is 41.0 Å². The lowest BCUT2D eigenvalue weighted by Gasteiger charge is -2.29. The second-order valence-corrected chi connectivity index (χ2v) is 6.32. The molecule has 0 heterocycles. The molecule has 0 saturated heterocycles. The monoisotopic (exact) mass is 228 g/mol. The van der Waals surface area contributed by atoms with E-state index in [4.69, 9.17) is 5.73 Å². The Kier molecular flexibility index (Phi) is 6.01. The van der Waals surface area contributed by atoms with Crippen molar-refractivity contribution in [2.45, 2.75) is 41.0 Å². The number of rotatable bonds is 5. The summed E-state index contributed by atoms with van der Waals surface area (Å²) in [7, 11) is 1.87. The molecular formula is C13H28N2O. The molecular weight excluding hydrogens is 200 g/mol. The third kappa shape index (κ3) is 6.11. The zero-order valence-electron chi connectivity index (χ0n) is 11.7. The Labute approximate surface area is 100 Å². The summed E-state index contributed by atoms with van der Waals surface area (Å²) in [6, 6.07) is 0. The van der Waals surface area contributed by atoms with Gasteiger partial charge < -0.3 is 10.6 Å². The van der Waals surface area contributed by atoms with Crippen LogP contribution in [0.15, 0.2) is 0 Å². The first-order valence-electron chi connectivity index (χ1n) is 6.12. The number of carbonyl (C=O) groups is 1. The average molecular weight is 228 g/mol. The van der Waals surface area contributed by atoms with Crippen LogP contribution in [0.5, 0.6) is 0 Å². The zero-order valence-corrected chi connectivity index (χ0v) is 11.7. The molecule has 0 aliphatic carbocycles. The van der Waals surface area contributed by atoms with Crippen molar-refractivity contribution in [1.29, 1.82) is 0 Å². The van der Waals surface area contributed by atoms with E-state index in [0.29, 0.717) is 12.5 Å². The summed E-state index contributed by atoms with van der Waals surface area (Å²) in [5, 5.41) is 0. The molecule has 1 atom stereocenters. The normalized spacial score (nSPS) is 14.0. The summed E-state index contributed by atoms with van der Waals surface area (Å²) in [6.07, 6.45) is 0.879. The van der Waals surface area contributed by atoms with Crippen molar-refractivity contribution in [2.24, 2.45) is 23.0 Å². The highest BCUT2D eigenvalue weighted by Crippen LogP contribution is 2.18. The van der Waals surface area contributed by atoms with Gasteiger partial charge in [-0.2, -0.15) is 0 Å². The molecule has 0 bridgehead atoms. The van der Waals surface area contributed by atoms with Crippen molar-refractivity contribution in [3.63, 3.8) is 0 Å². The molecule has 0 aliphatic heterocycles. The highest BCUT2D eigenvalue weighted by Gasteiger charge is 2.24. The molecule has 0 rings (SSSR count). The lowest BCUT2D eigenvalue weighted by Crippen LogP contribution is -2.41. The molecule has 0 aromatic heterocycles. The van der Waals surface area contributed by atoms with Crippen LogP contribution in [0.4, 0.5) is 0 Å². The van der Waals surface area contributed by atoms with Crippen LogP contribution in [-0.2, 0) is 4.79 Å². The van der Waals surface area contributed by atoms with Crippen LogP contribution in [0.25, 0.3) is 0 Å². The summed E-state index contributed by atoms with van der Waals surface area (Å²) in [5.74, 6) is 0.680. The lowest BCUT2D eigenvalue weighted by molar-refractivity contribution is -0.135. The molecule has 0 radical (unpaired) electrons. The SMILES string of the molecule is CC(C)CC(CN)C(=O)N(C)CC(C)(C)C. The van der Waals surface area contributed by atoms with Gasteiger partial charge in [0, 0.05) is 20.1 Å². The van der Waals surface area contributed by atoms with E-state index in [0.717, 1.165) is 13.0 Å². The van der Waals surface area contributed by atoms with E-state index in [1.165, 1.54) is 0 Å². The number of carbonyl (C=O) groups excluding carboxylic acids is 1. The van der Waals surface area contributed by atoms with E-state index < -0.39 is 0 Å². The molecule has 0 fully saturated rings. The maximum atomic E-state index is 12.1. The van der Waals surface area contributed by atoms with Crippen LogP contribution in [0.3, 0.4) is 0 Å². The highest BCUT2D eigenvalue weighted by molar-refractivity contribution is 5.78. The number of hydrogen-bond donors (Lipinski definition) is 1. The second-order valence-electron chi connectivity index (χ2n) is 6.32. The predicted octanol–water partition coefficient (Wildman–Crippen LogP) is 2.11. The Morgan fingerprint density at radius 2 is 1.81 bits per heavy atom. The lowest BCUT2D eigenvalue weighted by atomic mass is 9.93. The van der Waals surface area contributed by atoms with E-state index in [1.54, 1.807) is 0 Å². The summed E-state index contributed by atoms with van der Waals surface area (Å²) in [6.45, 7) is 11.9. The molecule has 0 spiro atoms. The molecule has 0 aromatic carbocycles. The maximum Gasteiger partial charge on any atom is 0.226 e. The Balaban J connectivity index is 4.39. The van der Waals surface area contributed by atoms with Crippen molar-refractivity contribution >= 4 is 5.91 Å². The van der Waals surface area contributed by atoms with Crippen LogP contribution in [0, 0.1) is 17.3 Å². The van der Waals surface area contributed by atoms with Crippen molar-refractivity contribution < 1.29 is 4.79 Å². The number of nitrogens with two attached hydrogens (primary N) is 1. The standard InChI is InChI=1S/C13H28N2O/c1-10(2)7-11(8-14)12(16)15(6)9-13(3,4)5/h10-11H,7-9,14H2,1-6H3. The van der Waals surface area contributed by atoms with Crippen LogP contribution in [-0.4, -0.2) is 30.9 Å². The van der Waals surface area contributed by atoms with E-state index in [1.807, 2.05) is 11.9 Å². The largest absolute Gasteiger partial charge is 0.345 e. The van der Waals surface area contributed by atoms with Crippen LogP contribution in [0.2, 0.25) is 0 Å². The minimum atomic E-state index is -0.0210. The Morgan fingerprint density at radius 3 is 2.12 bits per heavy atom. The van der Waals surface area contributed by atoms with Gasteiger partial charge in [0.25, 0.3) is 0 Å². The van der Waals surface area contributed by atoms with Crippen LogP contribution >= 0.6 is 0 Å². The fourth-order valence-electron chi connectivity index (χ4n) is 1.97. The fraction of sp³-hybridized carbons (Fsp3) is 0.923. The van der Waals surface area contributed by atoms with Crippen LogP contribution < -0.4 is 5.73 Å². The Morgan fingerprint density at radius 1 is 1.31 bits per heavy atom. The van der Waals surface area contributed by atoms with E-state index in [2.05, 4.69) is 34.6 Å². The molecule has 0 aliphatic rings. The maximum absolute atomic E-state index is 12.1. The zero-order chi connectivity index (χ0) is 12.9. The minimum absolute atomic E-state index is 0.0210. The van der Waals surface area contributed by atoms with Gasteiger partial charge in [0.05, 0.1) is 5.92 Å². The van der Waals surface area contributed by atoms with Crippen molar-refractivity contribution in [3.8, 4) is 0 Å². The minimum Gasteiger partial charge on any atom is -0.345 e. The third-order valence-electron chi connectivity index (χ3n) is 2.48. The number of nitrogens with zero attached hydrogens (tertiary/aromatic N) is 1. The van der Waals surface area contributed by atoms with Gasteiger partial charge in [-0.3, -0.25) is 4.79 Å². The van der Waals surface area contributed by atoms with Gasteiger partial charge in [-0.15, -0.1) is 0 Å². The second kappa shape index (κ2) is 6.24. The van der Waals surface area contributed by atoms with Crippen molar-refractivity contribution in [3.05, 3.63) is 0 Å². The van der Waals surface area contributed by atoms with E-state index in [-0.39, 0.29) is 17.2 Å². The van der Waals surface area contributed by atoms with Crippen molar-refractivity contribution in [2.75, 3.05) is 20.1 Å². The summed E-state index contributed by atoms with van der Waals surface area (Å²) in [4.78, 5) is 14.0. The molecule has 1 unspecified atom stereocenters. The first-order valence-corrected chi connectivity index (χ1v) is 6.12. The van der Waals surface area contributed by atoms with Gasteiger partial charge in [-0.05, 0) is 17.8 Å². The Bertz CT molecular complexity index is 218. The molecule has 0 aromatic rings. The molecule has 3 nitrogen and oxygen atoms in total. The summed E-state index contributed by atoms with van der Waals surface area (Å²) < 4.78 is 0. The summed E-state index contributed by atoms with van der Waals surface area (Å²) >= 11 is 0. The van der Waals surface area contributed by atoms with Crippen molar-refractivity contribution in [1.82, 2.24) is 4.90 Å². The quantitative estimate of drug-likeness (QED) is 0.783. The predicted molar refractivity (Wildman–Crippen MR) is 69.1 cm³/mol. The Hall–Kier alpha value is -0.570. The summed E-state index contributed by atoms with van der Waals surface area (Å²) in [5.41, 5.74) is 5.82. The topological polar surface area (TPSA) is 46.3 Å². The van der Waals surface area contributed by atoms with Gasteiger partial charge in [-0.1, -0.05) is 34.6 Å². The van der Waals surface area contributed by atoms with E-state index in [9.17, 15) is 4.79 Å². The average Bonchev–Trinajstić information content (AvgIpc) is 2.09. The molecule has 0 saturated carbocycles. The third-order valence-corrected chi connectivity index (χ3v) is 2.48.